The van der Waals surface area contributed by atoms with Gasteiger partial charge in [0.25, 0.3) is 0 Å². The van der Waals surface area contributed by atoms with Gasteiger partial charge in [0, 0.05) is 19.0 Å². The van der Waals surface area contributed by atoms with Gasteiger partial charge in [0.2, 0.25) is 5.91 Å². The monoisotopic (exact) mass is 221 g/mol. The van der Waals surface area contributed by atoms with Crippen molar-refractivity contribution in [1.29, 1.82) is 0 Å². The highest BCUT2D eigenvalue weighted by atomic mass is 16.2. The predicted octanol–water partition coefficient (Wildman–Crippen LogP) is 3.14. The van der Waals surface area contributed by atoms with E-state index in [1.54, 1.807) is 0 Å². The van der Waals surface area contributed by atoms with Gasteiger partial charge in [0.05, 0.1) is 0 Å². The van der Waals surface area contributed by atoms with E-state index in [1.807, 2.05) is 0 Å². The largest absolute Gasteiger partial charge is 0.342 e. The van der Waals surface area contributed by atoms with Crippen molar-refractivity contribution in [2.24, 2.45) is 5.92 Å². The lowest BCUT2D eigenvalue weighted by Crippen LogP contribution is -2.39. The topological polar surface area (TPSA) is 20.3 Å². The van der Waals surface area contributed by atoms with Crippen LogP contribution in [-0.4, -0.2) is 23.9 Å². The summed E-state index contributed by atoms with van der Waals surface area (Å²) in [5.74, 6) is 0.696. The molecule has 0 saturated carbocycles. The molecule has 0 aromatic heterocycles. The Morgan fingerprint density at radius 2 is 2.00 bits per heavy atom. The maximum Gasteiger partial charge on any atom is 0.225 e. The van der Waals surface area contributed by atoms with Crippen molar-refractivity contribution in [3.05, 3.63) is 11.6 Å². The van der Waals surface area contributed by atoms with Gasteiger partial charge in [-0.05, 0) is 51.9 Å². The summed E-state index contributed by atoms with van der Waals surface area (Å²) < 4.78 is 0. The molecule has 1 fully saturated rings. The van der Waals surface area contributed by atoms with E-state index in [1.165, 1.54) is 37.7 Å². The van der Waals surface area contributed by atoms with Gasteiger partial charge >= 0.3 is 0 Å². The zero-order valence-corrected chi connectivity index (χ0v) is 10.4. The third-order valence-electron chi connectivity index (χ3n) is 3.89. The summed E-state index contributed by atoms with van der Waals surface area (Å²) in [6, 6.07) is 0. The van der Waals surface area contributed by atoms with E-state index in [0.29, 0.717) is 5.91 Å². The molecule has 0 bridgehead atoms. The van der Waals surface area contributed by atoms with E-state index in [4.69, 9.17) is 0 Å². The van der Waals surface area contributed by atoms with Gasteiger partial charge in [-0.1, -0.05) is 11.6 Å². The summed E-state index contributed by atoms with van der Waals surface area (Å²) in [6.45, 7) is 4.18. The second-order valence-corrected chi connectivity index (χ2v) is 5.26. The zero-order valence-electron chi connectivity index (χ0n) is 10.4. The molecule has 0 aromatic carbocycles. The summed E-state index contributed by atoms with van der Waals surface area (Å²) >= 11 is 0. The summed E-state index contributed by atoms with van der Waals surface area (Å²) in [5.41, 5.74) is 1.47. The van der Waals surface area contributed by atoms with Crippen LogP contribution in [0.3, 0.4) is 0 Å². The first-order valence-corrected chi connectivity index (χ1v) is 6.72. The van der Waals surface area contributed by atoms with Gasteiger partial charge in [-0.3, -0.25) is 4.79 Å². The molecule has 90 valence electrons. The minimum absolute atomic E-state index is 0.274. The quantitative estimate of drug-likeness (QED) is 0.623. The maximum atomic E-state index is 12.3. The molecule has 0 N–H and O–H groups in total. The van der Waals surface area contributed by atoms with Crippen molar-refractivity contribution in [3.63, 3.8) is 0 Å². The van der Waals surface area contributed by atoms with Crippen LogP contribution in [0.2, 0.25) is 0 Å². The van der Waals surface area contributed by atoms with E-state index in [2.05, 4.69) is 17.9 Å². The molecular weight excluding hydrogens is 198 g/mol. The summed E-state index contributed by atoms with van der Waals surface area (Å²) in [5, 5.41) is 0. The number of hydrogen-bond acceptors (Lipinski definition) is 1. The molecular formula is C14H23NO. The number of likely N-dealkylation sites (tertiary alicyclic amines) is 1. The van der Waals surface area contributed by atoms with Crippen LogP contribution in [0.4, 0.5) is 0 Å². The molecule has 1 atom stereocenters. The van der Waals surface area contributed by atoms with Gasteiger partial charge in [0.1, 0.15) is 0 Å². The molecule has 1 amide bonds. The van der Waals surface area contributed by atoms with Crippen LogP contribution in [0.5, 0.6) is 0 Å². The molecule has 0 radical (unpaired) electrons. The Morgan fingerprint density at radius 3 is 2.75 bits per heavy atom. The number of carbonyl (C=O) groups is 1. The van der Waals surface area contributed by atoms with Crippen LogP contribution < -0.4 is 0 Å². The van der Waals surface area contributed by atoms with Crippen LogP contribution in [0.15, 0.2) is 11.6 Å². The highest BCUT2D eigenvalue weighted by molar-refractivity contribution is 5.79. The zero-order chi connectivity index (χ0) is 11.4. The van der Waals surface area contributed by atoms with Gasteiger partial charge in [0.15, 0.2) is 0 Å². The third kappa shape index (κ3) is 2.87. The molecule has 2 aliphatic rings. The van der Waals surface area contributed by atoms with Crippen molar-refractivity contribution in [2.45, 2.75) is 51.9 Å². The predicted molar refractivity (Wildman–Crippen MR) is 66.1 cm³/mol. The Bertz CT molecular complexity index is 276. The Hall–Kier alpha value is -0.790. The summed E-state index contributed by atoms with van der Waals surface area (Å²) in [6.07, 6.45) is 10.4. The highest BCUT2D eigenvalue weighted by Gasteiger charge is 2.25. The molecule has 2 rings (SSSR count). The molecule has 1 aliphatic carbocycles. The van der Waals surface area contributed by atoms with Gasteiger partial charge in [-0.2, -0.15) is 0 Å². The number of rotatable bonds is 1. The molecule has 2 heteroatoms. The standard InChI is InChI=1S/C14H23NO/c1-12-6-5-7-13(9-8-12)14(16)15-10-3-2-4-11-15/h8,13H,2-7,9-11H2,1H3/t13-/m0/s1. The smallest absolute Gasteiger partial charge is 0.225 e. The lowest BCUT2D eigenvalue weighted by atomic mass is 9.98. The maximum absolute atomic E-state index is 12.3. The Kier molecular flexibility index (Phi) is 4.03. The fraction of sp³-hybridized carbons (Fsp3) is 0.786. The fourth-order valence-corrected chi connectivity index (χ4v) is 2.79. The van der Waals surface area contributed by atoms with Gasteiger partial charge < -0.3 is 4.90 Å². The van der Waals surface area contributed by atoms with Crippen molar-refractivity contribution in [3.8, 4) is 0 Å². The van der Waals surface area contributed by atoms with Crippen molar-refractivity contribution in [2.75, 3.05) is 13.1 Å². The van der Waals surface area contributed by atoms with Crippen LogP contribution in [0, 0.1) is 5.92 Å². The van der Waals surface area contributed by atoms with Crippen molar-refractivity contribution < 1.29 is 4.79 Å². The second kappa shape index (κ2) is 5.51. The minimum Gasteiger partial charge on any atom is -0.342 e. The van der Waals surface area contributed by atoms with Crippen molar-refractivity contribution in [1.82, 2.24) is 4.90 Å². The van der Waals surface area contributed by atoms with Crippen LogP contribution in [0.1, 0.15) is 51.9 Å². The normalized spacial score (nSPS) is 27.2. The van der Waals surface area contributed by atoms with E-state index in [-0.39, 0.29) is 5.92 Å². The highest BCUT2D eigenvalue weighted by Crippen LogP contribution is 2.25. The molecule has 1 heterocycles. The molecule has 1 aliphatic heterocycles. The SMILES string of the molecule is CC1=CC[C@@H](C(=O)N2CCCCC2)CCC1. The van der Waals surface area contributed by atoms with E-state index < -0.39 is 0 Å². The molecule has 0 spiro atoms. The molecule has 1 saturated heterocycles. The number of allylic oxidation sites excluding steroid dienone is 2. The number of hydrogen-bond donors (Lipinski definition) is 0. The molecule has 0 unspecified atom stereocenters. The van der Waals surface area contributed by atoms with Crippen molar-refractivity contribution >= 4 is 5.91 Å². The number of nitrogens with zero attached hydrogens (tertiary/aromatic N) is 1. The third-order valence-corrected chi connectivity index (χ3v) is 3.89. The van der Waals surface area contributed by atoms with Gasteiger partial charge in [-0.15, -0.1) is 0 Å². The number of piperidine rings is 1. The Morgan fingerprint density at radius 1 is 1.25 bits per heavy atom. The van der Waals surface area contributed by atoms with Crippen LogP contribution in [-0.2, 0) is 4.79 Å². The minimum atomic E-state index is 0.274. The summed E-state index contributed by atoms with van der Waals surface area (Å²) in [4.78, 5) is 14.4. The molecule has 0 aromatic rings. The number of amides is 1. The molecule has 16 heavy (non-hydrogen) atoms. The molecule has 2 nitrogen and oxygen atoms in total. The van der Waals surface area contributed by atoms with Gasteiger partial charge in [-0.25, -0.2) is 0 Å². The van der Waals surface area contributed by atoms with Crippen LogP contribution >= 0.6 is 0 Å². The van der Waals surface area contributed by atoms with E-state index >= 15 is 0 Å². The van der Waals surface area contributed by atoms with E-state index in [9.17, 15) is 4.79 Å². The Labute approximate surface area is 98.7 Å². The lowest BCUT2D eigenvalue weighted by molar-refractivity contribution is -0.136. The Balaban J connectivity index is 1.92. The lowest BCUT2D eigenvalue weighted by Gasteiger charge is -2.30. The van der Waals surface area contributed by atoms with E-state index in [0.717, 1.165) is 25.9 Å². The van der Waals surface area contributed by atoms with Crippen LogP contribution in [0.25, 0.3) is 0 Å². The first-order chi connectivity index (χ1) is 7.77. The average molecular weight is 221 g/mol. The number of carbonyl (C=O) groups excluding carboxylic acids is 1. The fourth-order valence-electron chi connectivity index (χ4n) is 2.79. The summed E-state index contributed by atoms with van der Waals surface area (Å²) in [7, 11) is 0. The second-order valence-electron chi connectivity index (χ2n) is 5.26. The average Bonchev–Trinajstić information content (AvgIpc) is 2.54. The first kappa shape index (κ1) is 11.7. The first-order valence-electron chi connectivity index (χ1n) is 6.72.